The zero-order chi connectivity index (χ0) is 14.0. The van der Waals surface area contributed by atoms with Crippen LogP contribution in [0.15, 0.2) is 12.1 Å². The molecule has 0 saturated heterocycles. The van der Waals surface area contributed by atoms with Crippen LogP contribution in [0.25, 0.3) is 0 Å². The van der Waals surface area contributed by atoms with Gasteiger partial charge in [0.15, 0.2) is 11.5 Å². The molecule has 102 valence electrons. The summed E-state index contributed by atoms with van der Waals surface area (Å²) in [6.07, 6.45) is 0. The van der Waals surface area contributed by atoms with Gasteiger partial charge in [0.05, 0.1) is 11.0 Å². The second-order valence-electron chi connectivity index (χ2n) is 3.96. The highest BCUT2D eigenvalue weighted by molar-refractivity contribution is 5.99. The van der Waals surface area contributed by atoms with Crippen molar-refractivity contribution in [3.8, 4) is 11.5 Å². The lowest BCUT2D eigenvalue weighted by Gasteiger charge is -2.18. The molecular formula is C12H14N2O5. The van der Waals surface area contributed by atoms with E-state index in [1.54, 1.807) is 0 Å². The minimum Gasteiger partial charge on any atom is -0.454 e. The van der Waals surface area contributed by atoms with Crippen molar-refractivity contribution in [2.24, 2.45) is 0 Å². The second-order valence-corrected chi connectivity index (χ2v) is 3.96. The third-order valence-electron chi connectivity index (χ3n) is 2.97. The standard InChI is InChI=1S/C12H14N2O5/c1-3-13(4-2)12(15)8-5-10-11(19-7-18-10)6-9(8)14(16)17/h5-6H,3-4,7H2,1-2H3. The zero-order valence-electron chi connectivity index (χ0n) is 10.7. The normalized spacial score (nSPS) is 12.3. The summed E-state index contributed by atoms with van der Waals surface area (Å²) in [6, 6.07) is 2.61. The summed E-state index contributed by atoms with van der Waals surface area (Å²) in [5.74, 6) is 0.277. The van der Waals surface area contributed by atoms with Crippen LogP contribution in [-0.4, -0.2) is 35.6 Å². The molecule has 1 aromatic rings. The Morgan fingerprint density at radius 1 is 1.32 bits per heavy atom. The van der Waals surface area contributed by atoms with Gasteiger partial charge in [0.2, 0.25) is 6.79 Å². The Bertz CT molecular complexity index is 525. The number of ether oxygens (including phenoxy) is 2. The van der Waals surface area contributed by atoms with Crippen LogP contribution in [-0.2, 0) is 0 Å². The van der Waals surface area contributed by atoms with E-state index >= 15 is 0 Å². The van der Waals surface area contributed by atoms with Gasteiger partial charge in [-0.15, -0.1) is 0 Å². The Balaban J connectivity index is 2.49. The maximum absolute atomic E-state index is 12.3. The van der Waals surface area contributed by atoms with Gasteiger partial charge in [-0.05, 0) is 13.8 Å². The molecule has 1 aliphatic rings. The van der Waals surface area contributed by atoms with Crippen molar-refractivity contribution in [3.05, 3.63) is 27.8 Å². The van der Waals surface area contributed by atoms with Crippen LogP contribution in [0.2, 0.25) is 0 Å². The quantitative estimate of drug-likeness (QED) is 0.613. The highest BCUT2D eigenvalue weighted by Crippen LogP contribution is 2.38. The van der Waals surface area contributed by atoms with Gasteiger partial charge >= 0.3 is 0 Å². The zero-order valence-corrected chi connectivity index (χ0v) is 10.7. The Labute approximate surface area is 109 Å². The number of amides is 1. The number of fused-ring (bicyclic) bond motifs is 1. The summed E-state index contributed by atoms with van der Waals surface area (Å²) in [5, 5.41) is 11.1. The van der Waals surface area contributed by atoms with E-state index in [-0.39, 0.29) is 24.0 Å². The van der Waals surface area contributed by atoms with Crippen LogP contribution >= 0.6 is 0 Å². The first kappa shape index (κ1) is 13.1. The number of nitrogens with zero attached hydrogens (tertiary/aromatic N) is 2. The van der Waals surface area contributed by atoms with E-state index in [1.165, 1.54) is 17.0 Å². The van der Waals surface area contributed by atoms with Crippen LogP contribution in [0.4, 0.5) is 5.69 Å². The molecule has 0 spiro atoms. The molecular weight excluding hydrogens is 252 g/mol. The molecule has 0 aliphatic carbocycles. The molecule has 0 aromatic heterocycles. The van der Waals surface area contributed by atoms with Crippen molar-refractivity contribution in [2.45, 2.75) is 13.8 Å². The monoisotopic (exact) mass is 266 g/mol. The van der Waals surface area contributed by atoms with Crippen LogP contribution < -0.4 is 9.47 Å². The van der Waals surface area contributed by atoms with Crippen molar-refractivity contribution >= 4 is 11.6 Å². The Morgan fingerprint density at radius 3 is 2.42 bits per heavy atom. The van der Waals surface area contributed by atoms with Crippen molar-refractivity contribution in [1.82, 2.24) is 4.90 Å². The molecule has 1 amide bonds. The molecule has 19 heavy (non-hydrogen) atoms. The molecule has 0 N–H and O–H groups in total. The summed E-state index contributed by atoms with van der Waals surface area (Å²) >= 11 is 0. The van der Waals surface area contributed by atoms with Crippen LogP contribution in [0.1, 0.15) is 24.2 Å². The van der Waals surface area contributed by atoms with Crippen molar-refractivity contribution < 1.29 is 19.2 Å². The molecule has 0 fully saturated rings. The highest BCUT2D eigenvalue weighted by atomic mass is 16.7. The average Bonchev–Trinajstić information content (AvgIpc) is 2.85. The van der Waals surface area contributed by atoms with Crippen LogP contribution in [0, 0.1) is 10.1 Å². The largest absolute Gasteiger partial charge is 0.454 e. The summed E-state index contributed by atoms with van der Waals surface area (Å²) in [7, 11) is 0. The molecule has 0 radical (unpaired) electrons. The van der Waals surface area contributed by atoms with Crippen LogP contribution in [0.3, 0.4) is 0 Å². The van der Waals surface area contributed by atoms with Gasteiger partial charge in [-0.25, -0.2) is 0 Å². The van der Waals surface area contributed by atoms with Crippen molar-refractivity contribution in [3.63, 3.8) is 0 Å². The van der Waals surface area contributed by atoms with Crippen LogP contribution in [0.5, 0.6) is 11.5 Å². The number of nitro benzene ring substituents is 1. The second kappa shape index (κ2) is 5.13. The molecule has 0 saturated carbocycles. The predicted octanol–water partition coefficient (Wildman–Crippen LogP) is 1.81. The fourth-order valence-corrected chi connectivity index (χ4v) is 1.93. The average molecular weight is 266 g/mol. The van der Waals surface area contributed by atoms with E-state index in [9.17, 15) is 14.9 Å². The Morgan fingerprint density at radius 2 is 1.89 bits per heavy atom. The first-order valence-corrected chi connectivity index (χ1v) is 5.95. The summed E-state index contributed by atoms with van der Waals surface area (Å²) < 4.78 is 10.2. The van der Waals surface area contributed by atoms with Gasteiger partial charge in [0, 0.05) is 19.2 Å². The first-order chi connectivity index (χ1) is 9.08. The molecule has 1 aromatic carbocycles. The smallest absolute Gasteiger partial charge is 0.286 e. The number of hydrogen-bond donors (Lipinski definition) is 0. The molecule has 7 heteroatoms. The number of hydrogen-bond acceptors (Lipinski definition) is 5. The number of carbonyl (C=O) groups is 1. The minimum atomic E-state index is -0.585. The van der Waals surface area contributed by atoms with E-state index in [0.717, 1.165) is 0 Å². The fraction of sp³-hybridized carbons (Fsp3) is 0.417. The van der Waals surface area contributed by atoms with Crippen molar-refractivity contribution in [1.29, 1.82) is 0 Å². The summed E-state index contributed by atoms with van der Waals surface area (Å²) in [5.41, 5.74) is -0.237. The van der Waals surface area contributed by atoms with E-state index in [2.05, 4.69) is 0 Å². The fourth-order valence-electron chi connectivity index (χ4n) is 1.93. The highest BCUT2D eigenvalue weighted by Gasteiger charge is 2.28. The molecule has 0 unspecified atom stereocenters. The summed E-state index contributed by atoms with van der Waals surface area (Å²) in [6.45, 7) is 4.62. The van der Waals surface area contributed by atoms with Crippen molar-refractivity contribution in [2.75, 3.05) is 19.9 Å². The van der Waals surface area contributed by atoms with Gasteiger partial charge in [-0.3, -0.25) is 14.9 Å². The topological polar surface area (TPSA) is 81.9 Å². The number of benzene rings is 1. The third kappa shape index (κ3) is 2.31. The number of carbonyl (C=O) groups excluding carboxylic acids is 1. The number of rotatable bonds is 4. The van der Waals surface area contributed by atoms with E-state index in [1.807, 2.05) is 13.8 Å². The molecule has 1 heterocycles. The lowest BCUT2D eigenvalue weighted by molar-refractivity contribution is -0.385. The van der Waals surface area contributed by atoms with E-state index in [0.29, 0.717) is 24.6 Å². The van der Waals surface area contributed by atoms with Gasteiger partial charge in [0.1, 0.15) is 5.56 Å². The molecule has 0 atom stereocenters. The maximum atomic E-state index is 12.3. The Hall–Kier alpha value is -2.31. The predicted molar refractivity (Wildman–Crippen MR) is 66.5 cm³/mol. The minimum absolute atomic E-state index is 0.00933. The Kier molecular flexibility index (Phi) is 3.55. The molecule has 0 bridgehead atoms. The molecule has 2 rings (SSSR count). The molecule has 1 aliphatic heterocycles. The maximum Gasteiger partial charge on any atom is 0.286 e. The van der Waals surface area contributed by atoms with Gasteiger partial charge < -0.3 is 14.4 Å². The lowest BCUT2D eigenvalue weighted by Crippen LogP contribution is -2.30. The van der Waals surface area contributed by atoms with Gasteiger partial charge in [-0.2, -0.15) is 0 Å². The number of nitro groups is 1. The molecule has 7 nitrogen and oxygen atoms in total. The van der Waals surface area contributed by atoms with Gasteiger partial charge in [-0.1, -0.05) is 0 Å². The van der Waals surface area contributed by atoms with Gasteiger partial charge in [0.25, 0.3) is 11.6 Å². The summed E-state index contributed by atoms with van der Waals surface area (Å²) in [4.78, 5) is 24.3. The van der Waals surface area contributed by atoms with E-state index in [4.69, 9.17) is 9.47 Å². The first-order valence-electron chi connectivity index (χ1n) is 5.95. The lowest BCUT2D eigenvalue weighted by atomic mass is 10.1. The van der Waals surface area contributed by atoms with E-state index < -0.39 is 4.92 Å². The SMILES string of the molecule is CCN(CC)C(=O)c1cc2c(cc1[N+](=O)[O-])OCO2. The third-order valence-corrected chi connectivity index (χ3v) is 2.97.